The number of ether oxygens (including phenoxy) is 1. The minimum absolute atomic E-state index is 0.0538. The highest BCUT2D eigenvalue weighted by Gasteiger charge is 2.51. The first-order valence-corrected chi connectivity index (χ1v) is 16.0. The Kier molecular flexibility index (Phi) is 7.13. The Hall–Kier alpha value is -0.393. The molecule has 0 aromatic carbocycles. The molecule has 0 amide bonds. The van der Waals surface area contributed by atoms with Crippen molar-refractivity contribution >= 4 is 30.2 Å². The molecule has 0 radical (unpaired) electrons. The van der Waals surface area contributed by atoms with E-state index in [0.717, 1.165) is 30.4 Å². The second-order valence-corrected chi connectivity index (χ2v) is 17.4. The average molecular weight is 512 g/mol. The molecule has 2 fully saturated rings. The number of allylic oxidation sites excluding steroid dienone is 2. The second kappa shape index (κ2) is 8.75. The van der Waals surface area contributed by atoms with Crippen LogP contribution in [0.4, 0.5) is 0 Å². The molecular weight excluding hydrogens is 468 g/mol. The number of fused-ring (bicyclic) bond motifs is 1. The Labute approximate surface area is 199 Å². The summed E-state index contributed by atoms with van der Waals surface area (Å²) in [5, 5.41) is 0.0538. The molecule has 1 aliphatic heterocycles. The Morgan fingerprint density at radius 3 is 2.61 bits per heavy atom. The van der Waals surface area contributed by atoms with Crippen molar-refractivity contribution in [2.24, 2.45) is 23.2 Å². The highest BCUT2D eigenvalue weighted by atomic mass is 79.9. The summed E-state index contributed by atoms with van der Waals surface area (Å²) < 4.78 is 12.2. The van der Waals surface area contributed by atoms with Crippen molar-refractivity contribution < 1.29 is 14.0 Å². The Bertz CT molecular complexity index is 765. The SMILES string of the molecule is C[C@H](CCC1=C[C@](C)(O[Si](C)(C)C(C)(C)C)C(=O)O1)[C@H]1CCC2C(=CBr)CCC[C@@]21C. The van der Waals surface area contributed by atoms with E-state index in [2.05, 4.69) is 68.6 Å². The number of esters is 1. The summed E-state index contributed by atoms with van der Waals surface area (Å²) in [5.41, 5.74) is 1.09. The molecule has 0 saturated heterocycles. The summed E-state index contributed by atoms with van der Waals surface area (Å²) in [7, 11) is -2.07. The molecule has 0 N–H and O–H groups in total. The fraction of sp³-hybridized carbons (Fsp3) is 0.808. The van der Waals surface area contributed by atoms with Crippen LogP contribution >= 0.6 is 15.9 Å². The van der Waals surface area contributed by atoms with Gasteiger partial charge in [0.2, 0.25) is 0 Å². The minimum atomic E-state index is -2.07. The predicted octanol–water partition coefficient (Wildman–Crippen LogP) is 8.12. The molecule has 0 aromatic rings. The molecule has 5 atom stereocenters. The number of halogens is 1. The summed E-state index contributed by atoms with van der Waals surface area (Å²) in [5.74, 6) is 2.66. The zero-order valence-corrected chi connectivity index (χ0v) is 23.5. The van der Waals surface area contributed by atoms with Crippen molar-refractivity contribution in [2.75, 3.05) is 0 Å². The Balaban J connectivity index is 1.65. The Morgan fingerprint density at radius 1 is 1.32 bits per heavy atom. The van der Waals surface area contributed by atoms with Crippen LogP contribution in [0.3, 0.4) is 0 Å². The van der Waals surface area contributed by atoms with E-state index in [9.17, 15) is 4.79 Å². The third-order valence-corrected chi connectivity index (χ3v) is 14.2. The molecule has 5 heteroatoms. The third-order valence-electron chi connectivity index (χ3n) is 9.05. The molecule has 0 bridgehead atoms. The Morgan fingerprint density at radius 2 is 2.00 bits per heavy atom. The largest absolute Gasteiger partial charge is 0.429 e. The van der Waals surface area contributed by atoms with Gasteiger partial charge in [-0.25, -0.2) is 4.79 Å². The van der Waals surface area contributed by atoms with E-state index in [1.54, 1.807) is 5.57 Å². The zero-order chi connectivity index (χ0) is 23.2. The average Bonchev–Trinajstić information content (AvgIpc) is 3.14. The zero-order valence-electron chi connectivity index (χ0n) is 20.9. The van der Waals surface area contributed by atoms with Crippen molar-refractivity contribution in [2.45, 2.75) is 110 Å². The van der Waals surface area contributed by atoms with E-state index in [1.807, 2.05) is 13.0 Å². The van der Waals surface area contributed by atoms with E-state index < -0.39 is 13.9 Å². The molecule has 3 aliphatic rings. The second-order valence-electron chi connectivity index (χ2n) is 12.3. The summed E-state index contributed by atoms with van der Waals surface area (Å²) in [4.78, 5) is 14.9. The monoisotopic (exact) mass is 510 g/mol. The summed E-state index contributed by atoms with van der Waals surface area (Å²) >= 11 is 3.63. The number of hydrogen-bond donors (Lipinski definition) is 0. The van der Waals surface area contributed by atoms with Gasteiger partial charge >= 0.3 is 5.97 Å². The number of carbonyl (C=O) groups excluding carboxylic acids is 1. The number of cyclic esters (lactones) is 1. The van der Waals surface area contributed by atoms with Gasteiger partial charge in [0.15, 0.2) is 13.9 Å². The van der Waals surface area contributed by atoms with E-state index in [4.69, 9.17) is 9.16 Å². The van der Waals surface area contributed by atoms with Crippen LogP contribution in [0.5, 0.6) is 0 Å². The van der Waals surface area contributed by atoms with Gasteiger partial charge in [-0.05, 0) is 97.8 Å². The minimum Gasteiger partial charge on any atom is -0.429 e. The van der Waals surface area contributed by atoms with Crippen LogP contribution in [0.25, 0.3) is 0 Å². The van der Waals surface area contributed by atoms with Crippen molar-refractivity contribution in [1.29, 1.82) is 0 Å². The van der Waals surface area contributed by atoms with Gasteiger partial charge in [-0.3, -0.25) is 0 Å². The van der Waals surface area contributed by atoms with Crippen molar-refractivity contribution in [3.05, 3.63) is 22.4 Å². The van der Waals surface area contributed by atoms with Crippen molar-refractivity contribution in [3.8, 4) is 0 Å². The maximum Gasteiger partial charge on any atom is 0.346 e. The molecule has 3 nitrogen and oxygen atoms in total. The fourth-order valence-corrected chi connectivity index (χ4v) is 8.27. The van der Waals surface area contributed by atoms with Crippen LogP contribution in [0.1, 0.15) is 86.5 Å². The molecule has 3 rings (SSSR count). The lowest BCUT2D eigenvalue weighted by atomic mass is 9.61. The van der Waals surface area contributed by atoms with Gasteiger partial charge in [0.1, 0.15) is 5.76 Å². The molecule has 0 spiro atoms. The topological polar surface area (TPSA) is 35.5 Å². The molecule has 31 heavy (non-hydrogen) atoms. The molecule has 1 heterocycles. The van der Waals surface area contributed by atoms with E-state index in [0.29, 0.717) is 11.3 Å². The van der Waals surface area contributed by atoms with Gasteiger partial charge in [-0.1, -0.05) is 56.1 Å². The molecule has 0 aromatic heterocycles. The normalized spacial score (nSPS) is 36.4. The number of carbonyl (C=O) groups is 1. The maximum atomic E-state index is 12.7. The lowest BCUT2D eigenvalue weighted by Crippen LogP contribution is -2.50. The van der Waals surface area contributed by atoms with Gasteiger partial charge in [-0.15, -0.1) is 0 Å². The molecule has 2 aliphatic carbocycles. The molecular formula is C26H43BrO3Si. The van der Waals surface area contributed by atoms with Gasteiger partial charge < -0.3 is 9.16 Å². The third kappa shape index (κ3) is 4.79. The van der Waals surface area contributed by atoms with Gasteiger partial charge in [-0.2, -0.15) is 0 Å². The lowest BCUT2D eigenvalue weighted by molar-refractivity contribution is -0.149. The first-order valence-electron chi connectivity index (χ1n) is 12.2. The predicted molar refractivity (Wildman–Crippen MR) is 134 cm³/mol. The summed E-state index contributed by atoms with van der Waals surface area (Å²) in [6, 6.07) is 0. The quantitative estimate of drug-likeness (QED) is 0.267. The van der Waals surface area contributed by atoms with Crippen LogP contribution in [-0.4, -0.2) is 19.9 Å². The molecule has 1 unspecified atom stereocenters. The smallest absolute Gasteiger partial charge is 0.346 e. The van der Waals surface area contributed by atoms with Crippen molar-refractivity contribution in [3.63, 3.8) is 0 Å². The molecule has 176 valence electrons. The lowest BCUT2D eigenvalue weighted by Gasteiger charge is -2.44. The van der Waals surface area contributed by atoms with Crippen LogP contribution in [-0.2, 0) is 14.0 Å². The fourth-order valence-electron chi connectivity index (χ4n) is 6.21. The van der Waals surface area contributed by atoms with E-state index in [-0.39, 0.29) is 11.0 Å². The highest BCUT2D eigenvalue weighted by Crippen LogP contribution is 2.60. The van der Waals surface area contributed by atoms with Crippen LogP contribution < -0.4 is 0 Å². The maximum absolute atomic E-state index is 12.7. The first-order chi connectivity index (χ1) is 14.2. The number of rotatable bonds is 6. The molecule has 2 saturated carbocycles. The summed E-state index contributed by atoms with van der Waals surface area (Å²) in [6.45, 7) is 17.8. The van der Waals surface area contributed by atoms with Gasteiger partial charge in [0, 0.05) is 6.42 Å². The number of hydrogen-bond acceptors (Lipinski definition) is 3. The van der Waals surface area contributed by atoms with E-state index >= 15 is 0 Å². The van der Waals surface area contributed by atoms with Crippen LogP contribution in [0, 0.1) is 23.2 Å². The van der Waals surface area contributed by atoms with E-state index in [1.165, 1.54) is 32.1 Å². The van der Waals surface area contributed by atoms with Gasteiger partial charge in [0.05, 0.1) is 0 Å². The van der Waals surface area contributed by atoms with Crippen molar-refractivity contribution in [1.82, 2.24) is 0 Å². The first kappa shape index (κ1) is 25.2. The standard InChI is InChI=1S/C26H43BrO3Si/c1-18(21-13-14-22-19(17-27)10-9-15-25(21,22)5)11-12-20-16-26(6,23(28)29-20)30-31(7,8)24(2,3)4/h16-18,21-22H,9-15H2,1-8H3/t18-,21-,22?,25-,26+/m1/s1. The van der Waals surface area contributed by atoms with Crippen LogP contribution in [0.2, 0.25) is 18.1 Å². The highest BCUT2D eigenvalue weighted by molar-refractivity contribution is 9.11. The summed E-state index contributed by atoms with van der Waals surface area (Å²) in [6.07, 6.45) is 10.4. The van der Waals surface area contributed by atoms with Crippen LogP contribution in [0.15, 0.2) is 22.4 Å². The van der Waals surface area contributed by atoms with Gasteiger partial charge in [0.25, 0.3) is 0 Å².